The molecule has 0 saturated heterocycles. The van der Waals surface area contributed by atoms with E-state index in [0.29, 0.717) is 5.92 Å². The maximum absolute atomic E-state index is 13.1. The average molecular weight is 297 g/mol. The molecule has 2 aromatic carbocycles. The maximum Gasteiger partial charge on any atom is 0.123 e. The van der Waals surface area contributed by atoms with Crippen LogP contribution in [0.5, 0.6) is 0 Å². The molecule has 106 valence electrons. The molecule has 1 aliphatic carbocycles. The highest BCUT2D eigenvalue weighted by atomic mass is 32.1. The molecule has 1 aromatic heterocycles. The lowest BCUT2D eigenvalue weighted by Crippen LogP contribution is -2.12. The lowest BCUT2D eigenvalue weighted by atomic mass is 10.0. The van der Waals surface area contributed by atoms with Crippen LogP contribution in [0.1, 0.15) is 24.4 Å². The van der Waals surface area contributed by atoms with Crippen LogP contribution in [0.3, 0.4) is 0 Å². The second-order valence-corrected chi connectivity index (χ2v) is 6.63. The van der Waals surface area contributed by atoms with E-state index in [1.165, 1.54) is 28.5 Å². The zero-order valence-corrected chi connectivity index (χ0v) is 12.4. The van der Waals surface area contributed by atoms with E-state index in [-0.39, 0.29) is 11.9 Å². The van der Waals surface area contributed by atoms with E-state index in [9.17, 15) is 4.39 Å². The fraction of sp³-hybridized carbons (Fsp3) is 0.222. The molecule has 21 heavy (non-hydrogen) atoms. The van der Waals surface area contributed by atoms with E-state index < -0.39 is 0 Å². The van der Waals surface area contributed by atoms with E-state index in [4.69, 9.17) is 0 Å². The van der Waals surface area contributed by atoms with Gasteiger partial charge >= 0.3 is 0 Å². The normalized spacial score (nSPS) is 16.0. The van der Waals surface area contributed by atoms with Gasteiger partial charge in [0.2, 0.25) is 0 Å². The first kappa shape index (κ1) is 12.8. The highest BCUT2D eigenvalue weighted by Crippen LogP contribution is 2.43. The standard InChI is InChI=1S/C18H16FNS/c19-15-5-3-13(4-6-15)18(12-1-2-12)20-16-7-8-17-14(11-16)9-10-21-17/h3-12,18,20H,1-2H2. The highest BCUT2D eigenvalue weighted by Gasteiger charge is 2.32. The number of fused-ring (bicyclic) bond motifs is 1. The minimum atomic E-state index is -0.173. The van der Waals surface area contributed by atoms with Gasteiger partial charge in [0.05, 0.1) is 6.04 Å². The van der Waals surface area contributed by atoms with Gasteiger partial charge in [0.1, 0.15) is 5.82 Å². The van der Waals surface area contributed by atoms with Gasteiger partial charge in [-0.25, -0.2) is 4.39 Å². The molecular weight excluding hydrogens is 281 g/mol. The molecule has 1 nitrogen and oxygen atoms in total. The van der Waals surface area contributed by atoms with Crippen LogP contribution in [0.25, 0.3) is 10.1 Å². The van der Waals surface area contributed by atoms with E-state index in [1.54, 1.807) is 23.5 Å². The predicted octanol–water partition coefficient (Wildman–Crippen LogP) is 5.60. The Morgan fingerprint density at radius 2 is 1.86 bits per heavy atom. The van der Waals surface area contributed by atoms with Crippen LogP contribution in [0.15, 0.2) is 53.9 Å². The smallest absolute Gasteiger partial charge is 0.123 e. The number of hydrogen-bond donors (Lipinski definition) is 1. The molecule has 1 atom stereocenters. The molecule has 0 aliphatic heterocycles. The predicted molar refractivity (Wildman–Crippen MR) is 87.3 cm³/mol. The Hall–Kier alpha value is -1.87. The van der Waals surface area contributed by atoms with Crippen molar-refractivity contribution in [1.82, 2.24) is 0 Å². The van der Waals surface area contributed by atoms with Crippen molar-refractivity contribution < 1.29 is 4.39 Å². The summed E-state index contributed by atoms with van der Waals surface area (Å²) in [5.41, 5.74) is 2.31. The van der Waals surface area contributed by atoms with Gasteiger partial charge in [0, 0.05) is 10.4 Å². The molecule has 3 heteroatoms. The Morgan fingerprint density at radius 1 is 1.05 bits per heavy atom. The van der Waals surface area contributed by atoms with Crippen LogP contribution in [-0.2, 0) is 0 Å². The zero-order chi connectivity index (χ0) is 14.2. The van der Waals surface area contributed by atoms with Crippen molar-refractivity contribution >= 4 is 27.1 Å². The summed E-state index contributed by atoms with van der Waals surface area (Å²) in [7, 11) is 0. The Morgan fingerprint density at radius 3 is 2.62 bits per heavy atom. The van der Waals surface area contributed by atoms with Crippen LogP contribution < -0.4 is 5.32 Å². The van der Waals surface area contributed by atoms with Crippen molar-refractivity contribution in [2.75, 3.05) is 5.32 Å². The number of benzene rings is 2. The molecular formula is C18H16FNS. The maximum atomic E-state index is 13.1. The largest absolute Gasteiger partial charge is 0.378 e. The molecule has 0 spiro atoms. The topological polar surface area (TPSA) is 12.0 Å². The minimum absolute atomic E-state index is 0.173. The second-order valence-electron chi connectivity index (χ2n) is 5.68. The van der Waals surface area contributed by atoms with Crippen molar-refractivity contribution in [2.24, 2.45) is 5.92 Å². The van der Waals surface area contributed by atoms with Gasteiger partial charge in [0.25, 0.3) is 0 Å². The lowest BCUT2D eigenvalue weighted by Gasteiger charge is -2.20. The number of nitrogens with one attached hydrogen (secondary N) is 1. The molecule has 1 heterocycles. The lowest BCUT2D eigenvalue weighted by molar-refractivity contribution is 0.622. The van der Waals surface area contributed by atoms with Gasteiger partial charge in [-0.2, -0.15) is 0 Å². The second kappa shape index (κ2) is 5.15. The van der Waals surface area contributed by atoms with Crippen molar-refractivity contribution in [3.63, 3.8) is 0 Å². The fourth-order valence-corrected chi connectivity index (χ4v) is 3.58. The van der Waals surface area contributed by atoms with Gasteiger partial charge < -0.3 is 5.32 Å². The van der Waals surface area contributed by atoms with Gasteiger partial charge in [-0.1, -0.05) is 12.1 Å². The third-order valence-electron chi connectivity index (χ3n) is 4.10. The van der Waals surface area contributed by atoms with Gasteiger partial charge in [-0.15, -0.1) is 11.3 Å². The summed E-state index contributed by atoms with van der Waals surface area (Å²) in [5, 5.41) is 7.04. The molecule has 4 rings (SSSR count). The summed E-state index contributed by atoms with van der Waals surface area (Å²) in [6, 6.07) is 15.8. The number of rotatable bonds is 4. The van der Waals surface area contributed by atoms with E-state index in [1.807, 2.05) is 12.1 Å². The van der Waals surface area contributed by atoms with Gasteiger partial charge in [-0.3, -0.25) is 0 Å². The zero-order valence-electron chi connectivity index (χ0n) is 11.6. The summed E-state index contributed by atoms with van der Waals surface area (Å²) < 4.78 is 14.4. The molecule has 1 saturated carbocycles. The van der Waals surface area contributed by atoms with Gasteiger partial charge in [-0.05, 0) is 71.5 Å². The Balaban J connectivity index is 1.63. The molecule has 3 aromatic rings. The van der Waals surface area contributed by atoms with Crippen LogP contribution in [0.2, 0.25) is 0 Å². The van der Waals surface area contributed by atoms with Crippen LogP contribution in [-0.4, -0.2) is 0 Å². The van der Waals surface area contributed by atoms with Crippen molar-refractivity contribution in [2.45, 2.75) is 18.9 Å². The van der Waals surface area contributed by atoms with Crippen molar-refractivity contribution in [1.29, 1.82) is 0 Å². The minimum Gasteiger partial charge on any atom is -0.378 e. The quantitative estimate of drug-likeness (QED) is 0.660. The van der Waals surface area contributed by atoms with Crippen molar-refractivity contribution in [3.05, 3.63) is 65.3 Å². The summed E-state index contributed by atoms with van der Waals surface area (Å²) in [6.45, 7) is 0. The molecule has 0 radical (unpaired) electrons. The summed E-state index contributed by atoms with van der Waals surface area (Å²) >= 11 is 1.76. The first-order chi connectivity index (χ1) is 10.3. The SMILES string of the molecule is Fc1ccc(C(Nc2ccc3sccc3c2)C2CC2)cc1. The number of anilines is 1. The van der Waals surface area contributed by atoms with Crippen LogP contribution in [0, 0.1) is 11.7 Å². The summed E-state index contributed by atoms with van der Waals surface area (Å²) in [5.74, 6) is 0.488. The van der Waals surface area contributed by atoms with Gasteiger partial charge in [0.15, 0.2) is 0 Å². The monoisotopic (exact) mass is 297 g/mol. The summed E-state index contributed by atoms with van der Waals surface area (Å²) in [6.07, 6.45) is 2.49. The molecule has 1 N–H and O–H groups in total. The van der Waals surface area contributed by atoms with E-state index >= 15 is 0 Å². The van der Waals surface area contributed by atoms with Crippen molar-refractivity contribution in [3.8, 4) is 0 Å². The fourth-order valence-electron chi connectivity index (χ4n) is 2.81. The molecule has 1 aliphatic rings. The molecule has 0 bridgehead atoms. The highest BCUT2D eigenvalue weighted by molar-refractivity contribution is 7.17. The molecule has 1 fully saturated rings. The first-order valence-corrected chi connectivity index (χ1v) is 8.17. The number of halogens is 1. The first-order valence-electron chi connectivity index (χ1n) is 7.29. The third-order valence-corrected chi connectivity index (χ3v) is 4.99. The Bertz CT molecular complexity index is 758. The Labute approximate surface area is 127 Å². The van der Waals surface area contributed by atoms with Crippen LogP contribution in [0.4, 0.5) is 10.1 Å². The molecule has 1 unspecified atom stereocenters. The average Bonchev–Trinajstić information content (AvgIpc) is 3.23. The third kappa shape index (κ3) is 2.66. The van der Waals surface area contributed by atoms with E-state index in [2.05, 4.69) is 35.0 Å². The van der Waals surface area contributed by atoms with E-state index in [0.717, 1.165) is 5.69 Å². The number of thiophene rings is 1. The Kier molecular flexibility index (Phi) is 3.15. The van der Waals surface area contributed by atoms with Crippen LogP contribution >= 0.6 is 11.3 Å². The molecule has 0 amide bonds. The summed E-state index contributed by atoms with van der Waals surface area (Å²) in [4.78, 5) is 0. The number of hydrogen-bond acceptors (Lipinski definition) is 2.